The molecule has 2 amide bonds. The second kappa shape index (κ2) is 9.18. The summed E-state index contributed by atoms with van der Waals surface area (Å²) >= 11 is 1.55. The van der Waals surface area contributed by atoms with Gasteiger partial charge < -0.3 is 20.1 Å². The van der Waals surface area contributed by atoms with Gasteiger partial charge >= 0.3 is 5.97 Å². The Morgan fingerprint density at radius 1 is 1.25 bits per heavy atom. The molecule has 10 nitrogen and oxygen atoms in total. The lowest BCUT2D eigenvalue weighted by molar-refractivity contribution is -0.152. The van der Waals surface area contributed by atoms with E-state index >= 15 is 0 Å². The molecule has 11 heteroatoms. The van der Waals surface area contributed by atoms with Crippen LogP contribution in [0.5, 0.6) is 5.75 Å². The molecule has 0 bridgehead atoms. The van der Waals surface area contributed by atoms with Crippen molar-refractivity contribution >= 4 is 39.9 Å². The maximum Gasteiger partial charge on any atom is 0.322 e. The molecule has 0 aliphatic carbocycles. The van der Waals surface area contributed by atoms with Crippen molar-refractivity contribution in [2.24, 2.45) is 5.92 Å². The van der Waals surface area contributed by atoms with Crippen LogP contribution < -0.4 is 10.1 Å². The maximum atomic E-state index is 12.7. The lowest BCUT2D eigenvalue weighted by atomic mass is 9.94. The average molecular weight is 456 g/mol. The molecule has 32 heavy (non-hydrogen) atoms. The van der Waals surface area contributed by atoms with E-state index < -0.39 is 36.0 Å². The molecular weight excluding hydrogens is 436 g/mol. The minimum absolute atomic E-state index is 0.0419. The summed E-state index contributed by atoms with van der Waals surface area (Å²) < 4.78 is 7.70. The fourth-order valence-electron chi connectivity index (χ4n) is 3.41. The van der Waals surface area contributed by atoms with E-state index in [1.54, 1.807) is 23.5 Å². The molecule has 0 saturated carbocycles. The Morgan fingerprint density at radius 2 is 2.03 bits per heavy atom. The van der Waals surface area contributed by atoms with Crippen LogP contribution in [0.3, 0.4) is 0 Å². The molecule has 3 aromatic rings. The minimum Gasteiger partial charge on any atom is -0.487 e. The number of piperidine rings is 1. The molecule has 1 aromatic carbocycles. The predicted octanol–water partition coefficient (Wildman–Crippen LogP) is 1.09. The second-order valence-corrected chi connectivity index (χ2v) is 8.15. The number of hydrogen-bond donors (Lipinski definition) is 2. The SMILES string of the molecule is O=C(O)CNC(=O)C1C(=O)CCN(Cc2ccc(OCc3cn4ccsc4n3)cc2)C1=O. The zero-order valence-electron chi connectivity index (χ0n) is 16.9. The molecule has 3 heterocycles. The molecule has 2 aromatic heterocycles. The van der Waals surface area contributed by atoms with Gasteiger partial charge in [-0.1, -0.05) is 12.1 Å². The van der Waals surface area contributed by atoms with Crippen LogP contribution >= 0.6 is 11.3 Å². The minimum atomic E-state index is -1.50. The number of ether oxygens (including phenoxy) is 1. The summed E-state index contributed by atoms with van der Waals surface area (Å²) in [6, 6.07) is 7.18. The van der Waals surface area contributed by atoms with Crippen LogP contribution in [0.2, 0.25) is 0 Å². The average Bonchev–Trinajstić information content (AvgIpc) is 3.36. The number of carboxylic acid groups (broad SMARTS) is 1. The van der Waals surface area contributed by atoms with Crippen molar-refractivity contribution in [1.29, 1.82) is 0 Å². The topological polar surface area (TPSA) is 130 Å². The third-order valence-electron chi connectivity index (χ3n) is 5.01. The number of benzene rings is 1. The number of nitrogens with one attached hydrogen (secondary N) is 1. The Hall–Kier alpha value is -3.73. The highest BCUT2D eigenvalue weighted by Gasteiger charge is 2.40. The summed E-state index contributed by atoms with van der Waals surface area (Å²) in [5.41, 5.74) is 1.63. The molecular formula is C21H20N4O6S. The van der Waals surface area contributed by atoms with E-state index in [0.29, 0.717) is 12.4 Å². The normalized spacial score (nSPS) is 16.4. The summed E-state index contributed by atoms with van der Waals surface area (Å²) in [4.78, 5) is 54.3. The number of likely N-dealkylation sites (tertiary alicyclic amines) is 1. The van der Waals surface area contributed by atoms with Crippen LogP contribution in [0.1, 0.15) is 17.7 Å². The van der Waals surface area contributed by atoms with E-state index in [9.17, 15) is 19.2 Å². The monoisotopic (exact) mass is 456 g/mol. The van der Waals surface area contributed by atoms with Crippen molar-refractivity contribution in [3.05, 3.63) is 53.3 Å². The summed E-state index contributed by atoms with van der Waals surface area (Å²) in [6.45, 7) is 0.116. The van der Waals surface area contributed by atoms with E-state index in [2.05, 4.69) is 10.3 Å². The summed E-state index contributed by atoms with van der Waals surface area (Å²) in [5.74, 6) is -4.11. The van der Waals surface area contributed by atoms with E-state index in [0.717, 1.165) is 16.2 Å². The number of rotatable bonds is 8. The Labute approximate surface area is 186 Å². The van der Waals surface area contributed by atoms with Crippen LogP contribution in [0.4, 0.5) is 0 Å². The molecule has 1 fully saturated rings. The number of amides is 2. The predicted molar refractivity (Wildman–Crippen MR) is 113 cm³/mol. The molecule has 2 N–H and O–H groups in total. The van der Waals surface area contributed by atoms with Gasteiger partial charge in [-0.15, -0.1) is 11.3 Å². The van der Waals surface area contributed by atoms with Gasteiger partial charge in [0.1, 0.15) is 18.9 Å². The number of aromatic nitrogens is 2. The highest BCUT2D eigenvalue weighted by atomic mass is 32.1. The number of Topliss-reactive ketones (excluding diaryl/α,β-unsaturated/α-hetero) is 1. The molecule has 1 aliphatic heterocycles. The number of imidazole rings is 1. The van der Waals surface area contributed by atoms with Crippen molar-refractivity contribution in [2.75, 3.05) is 13.1 Å². The fourth-order valence-corrected chi connectivity index (χ4v) is 4.13. The third kappa shape index (κ3) is 4.78. The van der Waals surface area contributed by atoms with Gasteiger partial charge in [0.15, 0.2) is 16.7 Å². The first-order chi connectivity index (χ1) is 15.4. The Balaban J connectivity index is 1.34. The number of thiazole rings is 1. The van der Waals surface area contributed by atoms with Crippen LogP contribution in [0, 0.1) is 5.92 Å². The molecule has 166 valence electrons. The van der Waals surface area contributed by atoms with E-state index in [1.165, 1.54) is 4.90 Å². The molecule has 1 saturated heterocycles. The van der Waals surface area contributed by atoms with Crippen LogP contribution in [0.15, 0.2) is 42.0 Å². The van der Waals surface area contributed by atoms with Crippen molar-refractivity contribution in [3.63, 3.8) is 0 Å². The Bertz CT molecular complexity index is 1140. The standard InChI is InChI=1S/C21H20N4O6S/c26-16-5-6-24(20(30)18(16)19(29)22-9-17(27)28)10-13-1-3-15(4-2-13)31-12-14-11-25-7-8-32-21(25)23-14/h1-4,7-8,11,18H,5-6,9-10,12H2,(H,22,29)(H,27,28). The van der Waals surface area contributed by atoms with E-state index in [-0.39, 0.29) is 19.5 Å². The Morgan fingerprint density at radius 3 is 2.75 bits per heavy atom. The number of fused-ring (bicyclic) bond motifs is 1. The maximum absolute atomic E-state index is 12.7. The summed E-state index contributed by atoms with van der Waals surface area (Å²) in [7, 11) is 0. The highest BCUT2D eigenvalue weighted by molar-refractivity contribution is 7.15. The van der Waals surface area contributed by atoms with Crippen molar-refractivity contribution in [1.82, 2.24) is 19.6 Å². The number of hydrogen-bond acceptors (Lipinski definition) is 7. The van der Waals surface area contributed by atoms with Gasteiger partial charge in [-0.2, -0.15) is 0 Å². The molecule has 1 atom stereocenters. The number of aliphatic carboxylic acids is 1. The quantitative estimate of drug-likeness (QED) is 0.485. The second-order valence-electron chi connectivity index (χ2n) is 7.28. The van der Waals surface area contributed by atoms with Gasteiger partial charge in [-0.25, -0.2) is 4.98 Å². The van der Waals surface area contributed by atoms with E-state index in [1.807, 2.05) is 34.3 Å². The molecule has 1 aliphatic rings. The zero-order valence-corrected chi connectivity index (χ0v) is 17.7. The van der Waals surface area contributed by atoms with Crippen LogP contribution in [0.25, 0.3) is 4.96 Å². The first-order valence-electron chi connectivity index (χ1n) is 9.84. The lowest BCUT2D eigenvalue weighted by Crippen LogP contribution is -2.52. The summed E-state index contributed by atoms with van der Waals surface area (Å²) in [5, 5.41) is 12.7. The van der Waals surface area contributed by atoms with Gasteiger partial charge in [0, 0.05) is 37.3 Å². The summed E-state index contributed by atoms with van der Waals surface area (Å²) in [6.07, 6.45) is 3.88. The molecule has 4 rings (SSSR count). The molecule has 0 radical (unpaired) electrons. The van der Waals surface area contributed by atoms with Crippen LogP contribution in [-0.2, 0) is 32.3 Å². The number of carbonyl (C=O) groups excluding carboxylic acids is 3. The zero-order chi connectivity index (χ0) is 22.7. The van der Waals surface area contributed by atoms with Gasteiger partial charge in [-0.3, -0.25) is 23.6 Å². The first kappa shape index (κ1) is 21.5. The van der Waals surface area contributed by atoms with E-state index in [4.69, 9.17) is 9.84 Å². The van der Waals surface area contributed by atoms with Gasteiger partial charge in [-0.05, 0) is 17.7 Å². The third-order valence-corrected chi connectivity index (χ3v) is 5.78. The van der Waals surface area contributed by atoms with Crippen molar-refractivity contribution in [2.45, 2.75) is 19.6 Å². The van der Waals surface area contributed by atoms with Crippen molar-refractivity contribution < 1.29 is 29.0 Å². The number of carboxylic acids is 1. The fraction of sp³-hybridized carbons (Fsp3) is 0.286. The lowest BCUT2D eigenvalue weighted by Gasteiger charge is -2.30. The largest absolute Gasteiger partial charge is 0.487 e. The molecule has 1 unspecified atom stereocenters. The highest BCUT2D eigenvalue weighted by Crippen LogP contribution is 2.20. The van der Waals surface area contributed by atoms with Gasteiger partial charge in [0.2, 0.25) is 11.8 Å². The van der Waals surface area contributed by atoms with Gasteiger partial charge in [0.25, 0.3) is 0 Å². The van der Waals surface area contributed by atoms with Crippen LogP contribution in [-0.4, -0.2) is 56.0 Å². The number of ketones is 1. The van der Waals surface area contributed by atoms with Gasteiger partial charge in [0.05, 0.1) is 5.69 Å². The molecule has 0 spiro atoms. The first-order valence-corrected chi connectivity index (χ1v) is 10.7. The van der Waals surface area contributed by atoms with Crippen molar-refractivity contribution in [3.8, 4) is 5.75 Å². The smallest absolute Gasteiger partial charge is 0.322 e. The number of carbonyl (C=O) groups is 4. The number of nitrogens with zero attached hydrogens (tertiary/aromatic N) is 3. The Kier molecular flexibility index (Phi) is 6.17.